The molecular formula is C22H29ClN2O4+2. The Morgan fingerprint density at radius 1 is 1.03 bits per heavy atom. The number of fused-ring (bicyclic) bond motifs is 1. The van der Waals surface area contributed by atoms with Gasteiger partial charge in [-0.05, 0) is 48.9 Å². The van der Waals surface area contributed by atoms with Gasteiger partial charge in [-0.3, -0.25) is 0 Å². The van der Waals surface area contributed by atoms with Gasteiger partial charge in [0.1, 0.15) is 57.7 Å². The first-order valence-corrected chi connectivity index (χ1v) is 10.6. The van der Waals surface area contributed by atoms with Crippen molar-refractivity contribution in [2.24, 2.45) is 0 Å². The summed E-state index contributed by atoms with van der Waals surface area (Å²) in [6, 6.07) is 11.8. The number of aliphatic hydroxyl groups is 1. The van der Waals surface area contributed by atoms with Gasteiger partial charge in [-0.25, -0.2) is 0 Å². The SMILES string of the molecule is Cc1cc(OC[C@H](O)C[NH+]2CC[NH+](Cc3ccc4c(c3)OCO4)CC2)ccc1Cl. The van der Waals surface area contributed by atoms with E-state index in [0.29, 0.717) is 19.9 Å². The Labute approximate surface area is 176 Å². The molecule has 0 amide bonds. The van der Waals surface area contributed by atoms with Gasteiger partial charge in [0.05, 0.1) is 0 Å². The highest BCUT2D eigenvalue weighted by Crippen LogP contribution is 2.32. The average Bonchev–Trinajstić information content (AvgIpc) is 3.18. The third-order valence-corrected chi connectivity index (χ3v) is 6.08. The fourth-order valence-electron chi connectivity index (χ4n) is 3.97. The summed E-state index contributed by atoms with van der Waals surface area (Å²) < 4.78 is 16.6. The average molecular weight is 421 g/mol. The zero-order valence-electron chi connectivity index (χ0n) is 16.7. The molecule has 29 heavy (non-hydrogen) atoms. The second-order valence-corrected chi connectivity index (χ2v) is 8.35. The van der Waals surface area contributed by atoms with Crippen LogP contribution in [0.4, 0.5) is 0 Å². The summed E-state index contributed by atoms with van der Waals surface area (Å²) in [4.78, 5) is 3.00. The summed E-state index contributed by atoms with van der Waals surface area (Å²) in [7, 11) is 0. The second-order valence-electron chi connectivity index (χ2n) is 7.94. The number of benzene rings is 2. The molecule has 2 aliphatic heterocycles. The molecule has 1 atom stereocenters. The highest BCUT2D eigenvalue weighted by Gasteiger charge is 2.26. The maximum atomic E-state index is 10.4. The number of rotatable bonds is 7. The van der Waals surface area contributed by atoms with Crippen molar-refractivity contribution >= 4 is 11.6 Å². The highest BCUT2D eigenvalue weighted by molar-refractivity contribution is 6.31. The van der Waals surface area contributed by atoms with E-state index in [9.17, 15) is 5.11 Å². The van der Waals surface area contributed by atoms with E-state index in [0.717, 1.165) is 60.6 Å². The van der Waals surface area contributed by atoms with Gasteiger partial charge < -0.3 is 29.1 Å². The molecule has 6 nitrogen and oxygen atoms in total. The molecule has 0 bridgehead atoms. The van der Waals surface area contributed by atoms with Gasteiger partial charge in [-0.2, -0.15) is 0 Å². The number of quaternary nitrogens is 2. The number of hydrogen-bond acceptors (Lipinski definition) is 4. The van der Waals surface area contributed by atoms with Gasteiger partial charge in [-0.15, -0.1) is 0 Å². The summed E-state index contributed by atoms with van der Waals surface area (Å²) >= 11 is 6.04. The van der Waals surface area contributed by atoms with Gasteiger partial charge in [0.15, 0.2) is 11.5 Å². The summed E-state index contributed by atoms with van der Waals surface area (Å²) in [5, 5.41) is 11.1. The second kappa shape index (κ2) is 9.22. The van der Waals surface area contributed by atoms with Crippen LogP contribution in [0.15, 0.2) is 36.4 Å². The standard InChI is InChI=1S/C22H27ClN2O4/c1-16-10-19(3-4-20(16)23)27-14-18(26)13-25-8-6-24(7-9-25)12-17-2-5-21-22(11-17)29-15-28-21/h2-5,10-11,18,26H,6-9,12-15H2,1H3/p+2/t18-/m1/s1. The molecular weight excluding hydrogens is 392 g/mol. The number of halogens is 1. The van der Waals surface area contributed by atoms with Crippen molar-refractivity contribution in [2.75, 3.05) is 46.1 Å². The minimum Gasteiger partial charge on any atom is -0.491 e. The summed E-state index contributed by atoms with van der Waals surface area (Å²) in [5.41, 5.74) is 2.25. The summed E-state index contributed by atoms with van der Waals surface area (Å²) in [6.07, 6.45) is -0.476. The zero-order valence-corrected chi connectivity index (χ0v) is 17.5. The molecule has 1 saturated heterocycles. The van der Waals surface area contributed by atoms with E-state index in [4.69, 9.17) is 25.8 Å². The topological polar surface area (TPSA) is 56.8 Å². The Hall–Kier alpha value is -1.99. The molecule has 2 aromatic rings. The quantitative estimate of drug-likeness (QED) is 0.594. The van der Waals surface area contributed by atoms with E-state index < -0.39 is 6.10 Å². The lowest BCUT2D eigenvalue weighted by Crippen LogP contribution is -3.28. The van der Waals surface area contributed by atoms with Gasteiger partial charge >= 0.3 is 0 Å². The molecule has 2 aliphatic rings. The maximum Gasteiger partial charge on any atom is 0.231 e. The van der Waals surface area contributed by atoms with Crippen molar-refractivity contribution in [3.8, 4) is 17.2 Å². The van der Waals surface area contributed by atoms with E-state index in [1.807, 2.05) is 31.2 Å². The largest absolute Gasteiger partial charge is 0.491 e. The van der Waals surface area contributed by atoms with Crippen LogP contribution in [0.3, 0.4) is 0 Å². The van der Waals surface area contributed by atoms with Crippen LogP contribution in [0.1, 0.15) is 11.1 Å². The van der Waals surface area contributed by atoms with Gasteiger partial charge in [0, 0.05) is 10.6 Å². The zero-order chi connectivity index (χ0) is 20.2. The fraction of sp³-hybridized carbons (Fsp3) is 0.455. The van der Waals surface area contributed by atoms with E-state index in [2.05, 4.69) is 12.1 Å². The minimum atomic E-state index is -0.476. The van der Waals surface area contributed by atoms with Crippen LogP contribution < -0.4 is 24.0 Å². The van der Waals surface area contributed by atoms with Crippen LogP contribution in [0.25, 0.3) is 0 Å². The lowest BCUT2D eigenvalue weighted by molar-refractivity contribution is -1.02. The predicted octanol–water partition coefficient (Wildman–Crippen LogP) is 0.100. The molecule has 0 radical (unpaired) electrons. The van der Waals surface area contributed by atoms with Gasteiger partial charge in [0.25, 0.3) is 0 Å². The molecule has 0 aromatic heterocycles. The lowest BCUT2D eigenvalue weighted by Gasteiger charge is -2.30. The molecule has 2 heterocycles. The Bertz CT molecular complexity index is 840. The molecule has 0 saturated carbocycles. The van der Waals surface area contributed by atoms with Crippen LogP contribution in [0.5, 0.6) is 17.2 Å². The molecule has 1 fully saturated rings. The molecule has 0 spiro atoms. The van der Waals surface area contributed by atoms with E-state index in [1.54, 1.807) is 4.90 Å². The summed E-state index contributed by atoms with van der Waals surface area (Å²) in [5.74, 6) is 2.44. The first-order chi connectivity index (χ1) is 14.1. The number of nitrogens with one attached hydrogen (secondary N) is 2. The van der Waals surface area contributed by atoms with Crippen LogP contribution in [0, 0.1) is 6.92 Å². The van der Waals surface area contributed by atoms with Crippen molar-refractivity contribution in [1.29, 1.82) is 0 Å². The molecule has 3 N–H and O–H groups in total. The Morgan fingerprint density at radius 2 is 1.79 bits per heavy atom. The van der Waals surface area contributed by atoms with Gasteiger partial charge in [0.2, 0.25) is 6.79 Å². The number of aliphatic hydroxyl groups excluding tert-OH is 1. The molecule has 7 heteroatoms. The normalized spacial score (nSPS) is 21.8. The Kier molecular flexibility index (Phi) is 6.45. The van der Waals surface area contributed by atoms with E-state index in [-0.39, 0.29) is 0 Å². The van der Waals surface area contributed by atoms with Gasteiger partial charge in [-0.1, -0.05) is 11.6 Å². The van der Waals surface area contributed by atoms with Crippen molar-refractivity contribution in [2.45, 2.75) is 19.6 Å². The third kappa shape index (κ3) is 5.34. The Morgan fingerprint density at radius 3 is 2.59 bits per heavy atom. The van der Waals surface area contributed by atoms with Crippen LogP contribution in [0.2, 0.25) is 5.02 Å². The van der Waals surface area contributed by atoms with Crippen molar-refractivity contribution in [3.05, 3.63) is 52.5 Å². The molecule has 156 valence electrons. The van der Waals surface area contributed by atoms with Crippen LogP contribution >= 0.6 is 11.6 Å². The Balaban J connectivity index is 1.19. The lowest BCUT2D eigenvalue weighted by atomic mass is 10.1. The molecule has 0 aliphatic carbocycles. The van der Waals surface area contributed by atoms with Crippen molar-refractivity contribution < 1.29 is 29.1 Å². The van der Waals surface area contributed by atoms with Crippen molar-refractivity contribution in [1.82, 2.24) is 0 Å². The monoisotopic (exact) mass is 420 g/mol. The third-order valence-electron chi connectivity index (χ3n) is 5.65. The van der Waals surface area contributed by atoms with Crippen molar-refractivity contribution in [3.63, 3.8) is 0 Å². The highest BCUT2D eigenvalue weighted by atomic mass is 35.5. The fourth-order valence-corrected chi connectivity index (χ4v) is 4.09. The number of piperazine rings is 1. The van der Waals surface area contributed by atoms with E-state index >= 15 is 0 Å². The number of ether oxygens (including phenoxy) is 3. The molecule has 0 unspecified atom stereocenters. The predicted molar refractivity (Wildman–Crippen MR) is 110 cm³/mol. The number of hydrogen-bond donors (Lipinski definition) is 3. The minimum absolute atomic E-state index is 0.304. The van der Waals surface area contributed by atoms with Crippen LogP contribution in [-0.2, 0) is 6.54 Å². The van der Waals surface area contributed by atoms with E-state index in [1.165, 1.54) is 10.5 Å². The first kappa shape index (κ1) is 20.3. The summed E-state index contributed by atoms with van der Waals surface area (Å²) in [6.45, 7) is 8.56. The smallest absolute Gasteiger partial charge is 0.231 e. The molecule has 4 rings (SSSR count). The maximum absolute atomic E-state index is 10.4. The first-order valence-electron chi connectivity index (χ1n) is 10.2. The van der Waals surface area contributed by atoms with Crippen LogP contribution in [-0.4, -0.2) is 57.3 Å². The molecule has 2 aromatic carbocycles. The number of aryl methyl sites for hydroxylation is 1.